The van der Waals surface area contributed by atoms with Gasteiger partial charge in [-0.1, -0.05) is 65.2 Å². The van der Waals surface area contributed by atoms with Gasteiger partial charge in [-0.2, -0.15) is 8.42 Å². The monoisotopic (exact) mass is 288 g/mol. The Bertz CT molecular complexity index is 271. The van der Waals surface area contributed by atoms with E-state index in [-0.39, 0.29) is 31.0 Å². The van der Waals surface area contributed by atoms with Crippen molar-refractivity contribution in [2.24, 2.45) is 0 Å². The van der Waals surface area contributed by atoms with Gasteiger partial charge in [0.1, 0.15) is 0 Å². The first-order chi connectivity index (χ1) is 8.02. The van der Waals surface area contributed by atoms with Crippen LogP contribution in [-0.4, -0.2) is 18.2 Å². The van der Waals surface area contributed by atoms with Crippen molar-refractivity contribution < 1.29 is 44.0 Å². The van der Waals surface area contributed by atoms with Crippen molar-refractivity contribution in [3.05, 3.63) is 0 Å². The van der Waals surface area contributed by atoms with Crippen LogP contribution >= 0.6 is 0 Å². The Labute approximate surface area is 137 Å². The Balaban J connectivity index is -0.00000128. The topological polar surface area (TPSA) is 54.4 Å². The fourth-order valence-electron chi connectivity index (χ4n) is 2.04. The maximum atomic E-state index is 11.2. The molecule has 0 heterocycles. The molecule has 0 aromatic carbocycles. The van der Waals surface area contributed by atoms with E-state index in [0.29, 0.717) is 12.8 Å². The van der Waals surface area contributed by atoms with Gasteiger partial charge in [0.25, 0.3) is 10.1 Å². The zero-order valence-corrected chi connectivity index (χ0v) is 15.1. The summed E-state index contributed by atoms with van der Waals surface area (Å²) in [6, 6.07) is 0. The average Bonchev–Trinajstić information content (AvgIpc) is 2.25. The molecule has 0 fully saturated rings. The molecule has 0 aromatic rings. The smallest absolute Gasteiger partial charge is 1.00 e. The van der Waals surface area contributed by atoms with Crippen LogP contribution in [0.2, 0.25) is 0 Å². The molecule has 0 saturated carbocycles. The van der Waals surface area contributed by atoms with Crippen molar-refractivity contribution in [3.8, 4) is 0 Å². The van der Waals surface area contributed by atoms with Crippen molar-refractivity contribution in [2.75, 3.05) is 0 Å². The van der Waals surface area contributed by atoms with Crippen molar-refractivity contribution in [2.45, 2.75) is 83.3 Å². The van der Waals surface area contributed by atoms with Crippen LogP contribution in [0, 0.1) is 0 Å². The van der Waals surface area contributed by atoms with E-state index in [9.17, 15) is 8.42 Å². The van der Waals surface area contributed by atoms with Crippen LogP contribution in [-0.2, 0) is 10.1 Å². The van der Waals surface area contributed by atoms with Crippen molar-refractivity contribution in [1.82, 2.24) is 0 Å². The van der Waals surface area contributed by atoms with E-state index in [1.54, 1.807) is 0 Å². The second-order valence-corrected chi connectivity index (χ2v) is 6.53. The Morgan fingerprint density at radius 1 is 0.889 bits per heavy atom. The van der Waals surface area contributed by atoms with Crippen LogP contribution < -0.4 is 29.6 Å². The first-order valence-electron chi connectivity index (χ1n) is 6.98. The summed E-state index contributed by atoms with van der Waals surface area (Å²) in [4.78, 5) is 0. The van der Waals surface area contributed by atoms with E-state index in [0.717, 1.165) is 32.1 Å². The zero-order chi connectivity index (χ0) is 13.1. The van der Waals surface area contributed by atoms with Gasteiger partial charge < -0.3 is 1.43 Å². The third-order valence-electron chi connectivity index (χ3n) is 3.18. The van der Waals surface area contributed by atoms with Gasteiger partial charge in [-0.25, -0.2) is 0 Å². The molecule has 18 heavy (non-hydrogen) atoms. The first kappa shape index (κ1) is 21.2. The zero-order valence-electron chi connectivity index (χ0n) is 13.3. The number of unbranched alkanes of at least 4 members (excludes halogenated alkanes) is 6. The second-order valence-electron chi connectivity index (χ2n) is 4.84. The van der Waals surface area contributed by atoms with Gasteiger partial charge in [0.15, 0.2) is 0 Å². The quantitative estimate of drug-likeness (QED) is 0.354. The Kier molecular flexibility index (Phi) is 15.2. The fourth-order valence-corrected chi connectivity index (χ4v) is 2.97. The van der Waals surface area contributed by atoms with Gasteiger partial charge in [-0.3, -0.25) is 4.55 Å². The molecule has 1 atom stereocenters. The predicted molar refractivity (Wildman–Crippen MR) is 74.0 cm³/mol. The molecule has 3 nitrogen and oxygen atoms in total. The molecule has 0 rings (SSSR count). The summed E-state index contributed by atoms with van der Waals surface area (Å²) < 4.78 is 31.6. The van der Waals surface area contributed by atoms with Gasteiger partial charge in [-0.15, -0.1) is 0 Å². The van der Waals surface area contributed by atoms with Gasteiger partial charge in [0.05, 0.1) is 5.25 Å². The number of hydrogen-bond donors (Lipinski definition) is 1. The summed E-state index contributed by atoms with van der Waals surface area (Å²) in [5.74, 6) is 0. The molecule has 0 aliphatic rings. The maximum absolute atomic E-state index is 11.2. The molecule has 0 radical (unpaired) electrons. The minimum atomic E-state index is -3.84. The molecule has 0 saturated heterocycles. The molecule has 0 aliphatic carbocycles. The molecule has 0 spiro atoms. The Morgan fingerprint density at radius 3 is 1.72 bits per heavy atom. The second kappa shape index (κ2) is 12.9. The SMILES string of the molecule is CCCCCCCC(CCCCC)S(=O)(=O)O.[H-].[Na+]. The molecular weight excluding hydrogens is 259 g/mol. The van der Waals surface area contributed by atoms with Crippen molar-refractivity contribution in [1.29, 1.82) is 0 Å². The van der Waals surface area contributed by atoms with Gasteiger partial charge in [0, 0.05) is 0 Å². The molecule has 106 valence electrons. The molecule has 1 unspecified atom stereocenters. The molecule has 0 bridgehead atoms. The predicted octanol–water partition coefficient (Wildman–Crippen LogP) is 1.30. The minimum Gasteiger partial charge on any atom is -1.00 e. The standard InChI is InChI=1S/C13H28O3S.Na.H/c1-3-5-7-8-10-12-13(17(14,15)16)11-9-6-4-2;;/h13H,3-12H2,1-2H3,(H,14,15,16);;/q;+1;-1. The fraction of sp³-hybridized carbons (Fsp3) is 1.00. The summed E-state index contributed by atoms with van der Waals surface area (Å²) in [6.45, 7) is 4.25. The van der Waals surface area contributed by atoms with Crippen LogP contribution in [0.4, 0.5) is 0 Å². The van der Waals surface area contributed by atoms with Crippen LogP contribution in [0.3, 0.4) is 0 Å². The van der Waals surface area contributed by atoms with Crippen molar-refractivity contribution in [3.63, 3.8) is 0 Å². The molecule has 0 aliphatic heterocycles. The van der Waals surface area contributed by atoms with Crippen LogP contribution in [0.1, 0.15) is 79.5 Å². The third-order valence-corrected chi connectivity index (χ3v) is 4.49. The summed E-state index contributed by atoms with van der Waals surface area (Å²) in [7, 11) is -3.84. The molecule has 0 amide bonds. The van der Waals surface area contributed by atoms with Crippen molar-refractivity contribution >= 4 is 10.1 Å². The molecule has 1 N–H and O–H groups in total. The average molecular weight is 288 g/mol. The van der Waals surface area contributed by atoms with Crippen LogP contribution in [0.15, 0.2) is 0 Å². The normalized spacial score (nSPS) is 13.1. The summed E-state index contributed by atoms with van der Waals surface area (Å²) in [6.07, 6.45) is 9.82. The van der Waals surface area contributed by atoms with E-state index < -0.39 is 15.4 Å². The summed E-state index contributed by atoms with van der Waals surface area (Å²) in [5.41, 5.74) is 0. The van der Waals surface area contributed by atoms with Gasteiger partial charge in [0.2, 0.25) is 0 Å². The molecule has 5 heteroatoms. The largest absolute Gasteiger partial charge is 1.00 e. The minimum absolute atomic E-state index is 0. The van der Waals surface area contributed by atoms with Crippen LogP contribution in [0.5, 0.6) is 0 Å². The van der Waals surface area contributed by atoms with Gasteiger partial charge in [-0.05, 0) is 12.8 Å². The van der Waals surface area contributed by atoms with E-state index in [1.807, 2.05) is 0 Å². The van der Waals surface area contributed by atoms with Gasteiger partial charge >= 0.3 is 29.6 Å². The van der Waals surface area contributed by atoms with Crippen LogP contribution in [0.25, 0.3) is 0 Å². The summed E-state index contributed by atoms with van der Waals surface area (Å²) >= 11 is 0. The number of rotatable bonds is 11. The maximum Gasteiger partial charge on any atom is 1.00 e. The van der Waals surface area contributed by atoms with E-state index in [4.69, 9.17) is 4.55 Å². The first-order valence-corrected chi connectivity index (χ1v) is 8.49. The Morgan fingerprint density at radius 2 is 1.28 bits per heavy atom. The van der Waals surface area contributed by atoms with E-state index in [2.05, 4.69) is 13.8 Å². The Hall–Kier alpha value is 0.910. The molecule has 0 aromatic heterocycles. The summed E-state index contributed by atoms with van der Waals surface area (Å²) in [5, 5.41) is -0.532. The van der Waals surface area contributed by atoms with E-state index >= 15 is 0 Å². The third kappa shape index (κ3) is 12.0. The number of hydrogen-bond acceptors (Lipinski definition) is 2. The molecular formula is C13H29NaO3S. The van der Waals surface area contributed by atoms with E-state index in [1.165, 1.54) is 19.3 Å².